The molecule has 0 spiro atoms. The van der Waals surface area contributed by atoms with E-state index < -0.39 is 17.7 Å². The summed E-state index contributed by atoms with van der Waals surface area (Å²) in [7, 11) is 0. The molecular formula is C13H22FNO3. The summed E-state index contributed by atoms with van der Waals surface area (Å²) in [6, 6.07) is -0.942. The molecule has 1 amide bonds. The van der Waals surface area contributed by atoms with Crippen LogP contribution in [-0.4, -0.2) is 30.2 Å². The predicted octanol–water partition coefficient (Wildman–Crippen LogP) is 2.14. The molecule has 0 aliphatic heterocycles. The van der Waals surface area contributed by atoms with E-state index in [1.165, 1.54) is 13.8 Å². The lowest BCUT2D eigenvalue weighted by molar-refractivity contribution is -0.148. The molecule has 0 heterocycles. The lowest BCUT2D eigenvalue weighted by Crippen LogP contribution is -2.45. The molecule has 1 N–H and O–H groups in total. The van der Waals surface area contributed by atoms with Crippen molar-refractivity contribution < 1.29 is 18.7 Å². The van der Waals surface area contributed by atoms with Gasteiger partial charge in [0.05, 0.1) is 6.61 Å². The number of carbonyl (C=O) groups is 2. The molecule has 0 radical (unpaired) electrons. The van der Waals surface area contributed by atoms with Crippen LogP contribution < -0.4 is 5.32 Å². The van der Waals surface area contributed by atoms with Crippen molar-refractivity contribution in [2.45, 2.75) is 51.7 Å². The molecule has 0 bridgehead atoms. The fraction of sp³-hybridized carbons (Fsp3) is 0.692. The van der Waals surface area contributed by atoms with Crippen molar-refractivity contribution in [1.29, 1.82) is 0 Å². The zero-order valence-electron chi connectivity index (χ0n) is 11.3. The maximum absolute atomic E-state index is 13.6. The smallest absolute Gasteiger partial charge is 0.328 e. The van der Waals surface area contributed by atoms with Crippen LogP contribution in [0, 0.1) is 0 Å². The number of esters is 1. The molecule has 0 aliphatic carbocycles. The summed E-state index contributed by atoms with van der Waals surface area (Å²) in [5.74, 6) is -0.910. The first kappa shape index (κ1) is 16.6. The van der Waals surface area contributed by atoms with Gasteiger partial charge in [0.2, 0.25) is 5.91 Å². The van der Waals surface area contributed by atoms with Crippen LogP contribution in [0.3, 0.4) is 0 Å². The van der Waals surface area contributed by atoms with E-state index in [1.807, 2.05) is 0 Å². The van der Waals surface area contributed by atoms with E-state index >= 15 is 0 Å². The lowest BCUT2D eigenvalue weighted by atomic mass is 10.0. The highest BCUT2D eigenvalue weighted by molar-refractivity contribution is 5.84. The van der Waals surface area contributed by atoms with E-state index in [9.17, 15) is 14.0 Å². The summed E-state index contributed by atoms with van der Waals surface area (Å²) in [6.45, 7) is 8.08. The molecule has 0 saturated heterocycles. The number of allylic oxidation sites excluding steroid dienone is 1. The van der Waals surface area contributed by atoms with Gasteiger partial charge in [0.25, 0.3) is 0 Å². The Balaban J connectivity index is 4.51. The Morgan fingerprint density at radius 3 is 2.56 bits per heavy atom. The Kier molecular flexibility index (Phi) is 7.24. The summed E-state index contributed by atoms with van der Waals surface area (Å²) in [4.78, 5) is 23.1. The number of amides is 1. The highest BCUT2D eigenvalue weighted by Gasteiger charge is 2.29. The maximum atomic E-state index is 13.6. The second-order valence-corrected chi connectivity index (χ2v) is 4.62. The zero-order valence-corrected chi connectivity index (χ0v) is 11.3. The van der Waals surface area contributed by atoms with Gasteiger partial charge in [-0.15, -0.1) is 6.58 Å². The average Bonchev–Trinajstić information content (AvgIpc) is 2.24. The van der Waals surface area contributed by atoms with Crippen LogP contribution in [0.1, 0.15) is 40.0 Å². The molecule has 1 atom stereocenters. The van der Waals surface area contributed by atoms with Gasteiger partial charge in [-0.1, -0.05) is 6.08 Å². The van der Waals surface area contributed by atoms with Crippen LogP contribution in [0.4, 0.5) is 4.39 Å². The van der Waals surface area contributed by atoms with E-state index in [4.69, 9.17) is 4.74 Å². The molecule has 0 aliphatic rings. The molecule has 0 aromatic rings. The van der Waals surface area contributed by atoms with Crippen LogP contribution in [0.15, 0.2) is 12.7 Å². The number of ether oxygens (including phenoxy) is 1. The van der Waals surface area contributed by atoms with Gasteiger partial charge >= 0.3 is 5.97 Å². The number of hydrogen-bond donors (Lipinski definition) is 1. The quantitative estimate of drug-likeness (QED) is 0.536. The topological polar surface area (TPSA) is 55.4 Å². The largest absolute Gasteiger partial charge is 0.464 e. The Labute approximate surface area is 108 Å². The molecule has 104 valence electrons. The number of nitrogens with one attached hydrogen (secondary N) is 1. The Morgan fingerprint density at radius 2 is 2.11 bits per heavy atom. The van der Waals surface area contributed by atoms with Gasteiger partial charge in [0.15, 0.2) is 0 Å². The number of alkyl halides is 1. The van der Waals surface area contributed by atoms with Crippen molar-refractivity contribution in [3.05, 3.63) is 12.7 Å². The summed E-state index contributed by atoms with van der Waals surface area (Å²) < 4.78 is 18.4. The minimum absolute atomic E-state index is 0.105. The molecule has 18 heavy (non-hydrogen) atoms. The Morgan fingerprint density at radius 1 is 1.50 bits per heavy atom. The van der Waals surface area contributed by atoms with Crippen molar-refractivity contribution >= 4 is 11.9 Å². The normalized spacial score (nSPS) is 12.7. The number of rotatable bonds is 8. The zero-order chi connectivity index (χ0) is 14.2. The SMILES string of the molecule is C=CCCC(=O)N[C@@H](CC(C)(C)F)C(=O)OCC. The summed E-state index contributed by atoms with van der Waals surface area (Å²) in [5, 5.41) is 2.49. The van der Waals surface area contributed by atoms with Gasteiger partial charge in [0.1, 0.15) is 11.7 Å². The van der Waals surface area contributed by atoms with Gasteiger partial charge in [-0.2, -0.15) is 0 Å². The molecule has 5 heteroatoms. The molecule has 0 unspecified atom stereocenters. The Hall–Kier alpha value is -1.39. The fourth-order valence-corrected chi connectivity index (χ4v) is 1.42. The lowest BCUT2D eigenvalue weighted by Gasteiger charge is -2.22. The number of halogens is 1. The fourth-order valence-electron chi connectivity index (χ4n) is 1.42. The first-order chi connectivity index (χ1) is 8.30. The second-order valence-electron chi connectivity index (χ2n) is 4.62. The van der Waals surface area contributed by atoms with Crippen LogP contribution in [0.5, 0.6) is 0 Å². The first-order valence-electron chi connectivity index (χ1n) is 6.06. The second kappa shape index (κ2) is 7.84. The van der Waals surface area contributed by atoms with E-state index in [-0.39, 0.29) is 25.4 Å². The van der Waals surface area contributed by atoms with Gasteiger partial charge < -0.3 is 10.1 Å². The summed E-state index contributed by atoms with van der Waals surface area (Å²) >= 11 is 0. The first-order valence-corrected chi connectivity index (χ1v) is 6.06. The van der Waals surface area contributed by atoms with E-state index in [0.717, 1.165) is 0 Å². The number of carbonyl (C=O) groups excluding carboxylic acids is 2. The van der Waals surface area contributed by atoms with Crippen molar-refractivity contribution in [2.75, 3.05) is 6.61 Å². The van der Waals surface area contributed by atoms with Gasteiger partial charge in [-0.05, 0) is 27.2 Å². The van der Waals surface area contributed by atoms with Crippen molar-refractivity contribution in [3.8, 4) is 0 Å². The maximum Gasteiger partial charge on any atom is 0.328 e. The molecular weight excluding hydrogens is 237 g/mol. The van der Waals surface area contributed by atoms with Gasteiger partial charge in [-0.25, -0.2) is 9.18 Å². The van der Waals surface area contributed by atoms with Crippen LogP contribution >= 0.6 is 0 Å². The van der Waals surface area contributed by atoms with E-state index in [0.29, 0.717) is 6.42 Å². The van der Waals surface area contributed by atoms with Crippen LogP contribution in [-0.2, 0) is 14.3 Å². The molecule has 0 aromatic heterocycles. The standard InChI is InChI=1S/C13H22FNO3/c1-5-7-8-11(16)15-10(9-13(3,4)14)12(17)18-6-2/h5,10H,1,6-9H2,2-4H3,(H,15,16)/t10-/m0/s1. The third-order valence-corrected chi connectivity index (χ3v) is 2.17. The average molecular weight is 259 g/mol. The molecule has 0 saturated carbocycles. The Bertz CT molecular complexity index is 297. The van der Waals surface area contributed by atoms with E-state index in [1.54, 1.807) is 13.0 Å². The van der Waals surface area contributed by atoms with E-state index in [2.05, 4.69) is 11.9 Å². The monoisotopic (exact) mass is 259 g/mol. The molecule has 0 aromatic carbocycles. The molecule has 0 rings (SSSR count). The minimum Gasteiger partial charge on any atom is -0.464 e. The predicted molar refractivity (Wildman–Crippen MR) is 67.8 cm³/mol. The molecule has 0 fully saturated rings. The van der Waals surface area contributed by atoms with Crippen LogP contribution in [0.2, 0.25) is 0 Å². The summed E-state index contributed by atoms with van der Waals surface area (Å²) in [5.41, 5.74) is -1.55. The highest BCUT2D eigenvalue weighted by Crippen LogP contribution is 2.17. The molecule has 4 nitrogen and oxygen atoms in total. The minimum atomic E-state index is -1.55. The van der Waals surface area contributed by atoms with Crippen molar-refractivity contribution in [3.63, 3.8) is 0 Å². The third-order valence-electron chi connectivity index (χ3n) is 2.17. The number of hydrogen-bond acceptors (Lipinski definition) is 3. The van der Waals surface area contributed by atoms with Crippen molar-refractivity contribution in [1.82, 2.24) is 5.32 Å². The van der Waals surface area contributed by atoms with Crippen molar-refractivity contribution in [2.24, 2.45) is 0 Å². The highest BCUT2D eigenvalue weighted by atomic mass is 19.1. The van der Waals surface area contributed by atoms with Crippen LogP contribution in [0.25, 0.3) is 0 Å². The third kappa shape index (κ3) is 7.81. The summed E-state index contributed by atoms with van der Waals surface area (Å²) in [6.07, 6.45) is 2.25. The van der Waals surface area contributed by atoms with Gasteiger partial charge in [-0.3, -0.25) is 4.79 Å². The van der Waals surface area contributed by atoms with Gasteiger partial charge in [0, 0.05) is 12.8 Å².